The van der Waals surface area contributed by atoms with Crippen LogP contribution >= 0.6 is 0 Å². The fourth-order valence-corrected chi connectivity index (χ4v) is 8.10. The molecule has 0 aromatic heterocycles. The van der Waals surface area contributed by atoms with E-state index in [2.05, 4.69) is 147 Å². The van der Waals surface area contributed by atoms with Crippen LogP contribution in [0.2, 0.25) is 0 Å². The highest BCUT2D eigenvalue weighted by atomic mass is 14.8. The van der Waals surface area contributed by atoms with E-state index in [4.69, 9.17) is 4.99 Å². The van der Waals surface area contributed by atoms with Crippen LogP contribution in [0, 0.1) is 11.3 Å². The Bertz CT molecular complexity index is 1990. The molecule has 1 heteroatoms. The summed E-state index contributed by atoms with van der Waals surface area (Å²) < 4.78 is 0. The van der Waals surface area contributed by atoms with Crippen molar-refractivity contribution in [2.24, 2.45) is 16.3 Å². The number of fused-ring (bicyclic) bond motifs is 6. The van der Waals surface area contributed by atoms with Crippen LogP contribution in [0.5, 0.6) is 0 Å². The Morgan fingerprint density at radius 1 is 0.705 bits per heavy atom. The molecule has 4 unspecified atom stereocenters. The molecule has 5 aromatic carbocycles. The van der Waals surface area contributed by atoms with Gasteiger partial charge >= 0.3 is 0 Å². The Morgan fingerprint density at radius 2 is 1.45 bits per heavy atom. The molecule has 0 N–H and O–H groups in total. The molecular formula is C43H39N. The number of aliphatic imine (C=N–C) groups is 1. The smallest absolute Gasteiger partial charge is 0.0793 e. The van der Waals surface area contributed by atoms with Gasteiger partial charge in [-0.25, -0.2) is 0 Å². The first-order valence-corrected chi connectivity index (χ1v) is 16.3. The Balaban J connectivity index is 1.27. The zero-order chi connectivity index (χ0) is 29.7. The Kier molecular flexibility index (Phi) is 6.71. The maximum Gasteiger partial charge on any atom is 0.0793 e. The standard InChI is InChI=1S/C43H39N/c1-29-20-22-36-37-23-21-32(26-39(37)35-18-10-9-17-34(35)38(36)25-29)40-19-11-12-24-43(40,2)33-27-41(30-13-5-3-6-14-30)44-42(28-33)31-15-7-4-8-16-31/h3-11,13-23,26-27,29,40,42H,12,24-25,28H2,1-2H3. The minimum atomic E-state index is -0.00915. The van der Waals surface area contributed by atoms with E-state index in [0.717, 1.165) is 31.4 Å². The molecule has 5 aromatic rings. The van der Waals surface area contributed by atoms with Gasteiger partial charge in [-0.15, -0.1) is 0 Å². The van der Waals surface area contributed by atoms with Gasteiger partial charge < -0.3 is 0 Å². The third-order valence-corrected chi connectivity index (χ3v) is 10.5. The fourth-order valence-electron chi connectivity index (χ4n) is 8.10. The van der Waals surface area contributed by atoms with Crippen molar-refractivity contribution in [3.8, 4) is 0 Å². The van der Waals surface area contributed by atoms with Gasteiger partial charge in [0.25, 0.3) is 0 Å². The summed E-state index contributed by atoms with van der Waals surface area (Å²) in [6.45, 7) is 4.84. The van der Waals surface area contributed by atoms with Crippen molar-refractivity contribution < 1.29 is 0 Å². The van der Waals surface area contributed by atoms with E-state index in [1.54, 1.807) is 0 Å². The second kappa shape index (κ2) is 10.9. The van der Waals surface area contributed by atoms with Gasteiger partial charge in [-0.2, -0.15) is 0 Å². The van der Waals surface area contributed by atoms with E-state index in [-0.39, 0.29) is 11.5 Å². The van der Waals surface area contributed by atoms with Gasteiger partial charge in [-0.05, 0) is 98.5 Å². The SMILES string of the molecule is CC1C=Cc2c(c3ccccc3c3cc(C4C=CCCC4(C)C4=CC(c5ccccc5)=NC(c5ccccc5)C4)ccc23)C1. The van der Waals surface area contributed by atoms with Gasteiger partial charge in [0, 0.05) is 5.92 Å². The van der Waals surface area contributed by atoms with E-state index in [1.807, 2.05) is 0 Å². The zero-order valence-electron chi connectivity index (χ0n) is 25.7. The quantitative estimate of drug-likeness (QED) is 0.151. The van der Waals surface area contributed by atoms with E-state index < -0.39 is 0 Å². The third-order valence-electron chi connectivity index (χ3n) is 10.5. The van der Waals surface area contributed by atoms with E-state index >= 15 is 0 Å². The van der Waals surface area contributed by atoms with Crippen LogP contribution in [-0.4, -0.2) is 5.71 Å². The number of rotatable bonds is 4. The first-order valence-electron chi connectivity index (χ1n) is 16.3. The topological polar surface area (TPSA) is 12.4 Å². The first kappa shape index (κ1) is 27.1. The summed E-state index contributed by atoms with van der Waals surface area (Å²) in [5.74, 6) is 0.868. The second-order valence-electron chi connectivity index (χ2n) is 13.3. The van der Waals surface area contributed by atoms with Gasteiger partial charge in [0.15, 0.2) is 0 Å². The lowest BCUT2D eigenvalue weighted by molar-refractivity contribution is 0.300. The molecule has 0 amide bonds. The summed E-state index contributed by atoms with van der Waals surface area (Å²) >= 11 is 0. The number of hydrogen-bond donors (Lipinski definition) is 0. The fraction of sp³-hybridized carbons (Fsp3) is 0.233. The van der Waals surface area contributed by atoms with Crippen LogP contribution in [0.4, 0.5) is 0 Å². The Morgan fingerprint density at radius 3 is 2.27 bits per heavy atom. The van der Waals surface area contributed by atoms with Crippen LogP contribution in [-0.2, 0) is 6.42 Å². The predicted octanol–water partition coefficient (Wildman–Crippen LogP) is 11.2. The zero-order valence-corrected chi connectivity index (χ0v) is 25.7. The monoisotopic (exact) mass is 569 g/mol. The van der Waals surface area contributed by atoms with Crippen molar-refractivity contribution in [2.45, 2.75) is 51.5 Å². The van der Waals surface area contributed by atoms with Gasteiger partial charge in [0.1, 0.15) is 0 Å². The highest BCUT2D eigenvalue weighted by Gasteiger charge is 2.40. The van der Waals surface area contributed by atoms with Gasteiger partial charge in [-0.3, -0.25) is 4.99 Å². The molecule has 0 radical (unpaired) electrons. The molecule has 0 bridgehead atoms. The molecule has 216 valence electrons. The Labute approximate surface area is 261 Å². The number of benzene rings is 5. The molecule has 3 aliphatic rings. The number of dihydropyridines is 1. The number of allylic oxidation sites excluding steroid dienone is 4. The molecular weight excluding hydrogens is 530 g/mol. The molecule has 44 heavy (non-hydrogen) atoms. The summed E-state index contributed by atoms with van der Waals surface area (Å²) in [4.78, 5) is 5.33. The summed E-state index contributed by atoms with van der Waals surface area (Å²) in [7, 11) is 0. The van der Waals surface area contributed by atoms with Crippen molar-refractivity contribution in [2.75, 3.05) is 0 Å². The maximum absolute atomic E-state index is 5.33. The second-order valence-corrected chi connectivity index (χ2v) is 13.3. The van der Waals surface area contributed by atoms with Gasteiger partial charge in [0.05, 0.1) is 11.8 Å². The molecule has 2 aliphatic carbocycles. The van der Waals surface area contributed by atoms with E-state index in [0.29, 0.717) is 11.8 Å². The molecule has 0 spiro atoms. The normalized spacial score (nSPS) is 24.6. The summed E-state index contributed by atoms with van der Waals surface area (Å²) in [5, 5.41) is 5.55. The lowest BCUT2D eigenvalue weighted by Crippen LogP contribution is -2.31. The third kappa shape index (κ3) is 4.58. The molecule has 1 heterocycles. The average Bonchev–Trinajstić information content (AvgIpc) is 3.09. The van der Waals surface area contributed by atoms with Crippen molar-refractivity contribution in [1.29, 1.82) is 0 Å². The van der Waals surface area contributed by atoms with Crippen molar-refractivity contribution >= 4 is 33.3 Å². The minimum Gasteiger partial charge on any atom is -0.276 e. The summed E-state index contributed by atoms with van der Waals surface area (Å²) in [6.07, 6.45) is 16.4. The van der Waals surface area contributed by atoms with Gasteiger partial charge in [-0.1, -0.05) is 141 Å². The molecule has 0 saturated carbocycles. The predicted molar refractivity (Wildman–Crippen MR) is 187 cm³/mol. The lowest BCUT2D eigenvalue weighted by Gasteiger charge is -2.43. The van der Waals surface area contributed by atoms with E-state index in [1.165, 1.54) is 54.9 Å². The molecule has 4 atom stereocenters. The number of hydrogen-bond acceptors (Lipinski definition) is 1. The van der Waals surface area contributed by atoms with Crippen molar-refractivity contribution in [3.05, 3.63) is 161 Å². The van der Waals surface area contributed by atoms with Gasteiger partial charge in [0.2, 0.25) is 0 Å². The van der Waals surface area contributed by atoms with Crippen LogP contribution in [0.1, 0.15) is 72.9 Å². The van der Waals surface area contributed by atoms with E-state index in [9.17, 15) is 0 Å². The van der Waals surface area contributed by atoms with Crippen molar-refractivity contribution in [3.63, 3.8) is 0 Å². The maximum atomic E-state index is 5.33. The minimum absolute atomic E-state index is 0.00915. The van der Waals surface area contributed by atoms with Crippen molar-refractivity contribution in [1.82, 2.24) is 0 Å². The highest BCUT2D eigenvalue weighted by Crippen LogP contribution is 2.53. The largest absolute Gasteiger partial charge is 0.276 e. The molecule has 8 rings (SSSR count). The molecule has 0 saturated heterocycles. The first-order chi connectivity index (χ1) is 21.6. The summed E-state index contributed by atoms with van der Waals surface area (Å²) in [6, 6.07) is 38.2. The average molecular weight is 570 g/mol. The Hall–Kier alpha value is -4.49. The van der Waals surface area contributed by atoms with Crippen LogP contribution < -0.4 is 0 Å². The number of nitrogens with zero attached hydrogens (tertiary/aromatic N) is 1. The van der Waals surface area contributed by atoms with Crippen LogP contribution in [0.25, 0.3) is 27.6 Å². The highest BCUT2D eigenvalue weighted by molar-refractivity contribution is 6.13. The van der Waals surface area contributed by atoms with Crippen LogP contribution in [0.15, 0.2) is 138 Å². The van der Waals surface area contributed by atoms with Crippen LogP contribution in [0.3, 0.4) is 0 Å². The summed E-state index contributed by atoms with van der Waals surface area (Å²) in [5.41, 5.74) is 9.43. The lowest BCUT2D eigenvalue weighted by atomic mass is 9.61. The molecule has 1 aliphatic heterocycles. The molecule has 1 nitrogen and oxygen atoms in total. The molecule has 0 fully saturated rings.